The molecule has 3 rings (SSSR count). The van der Waals surface area contributed by atoms with E-state index in [4.69, 9.17) is 5.11 Å². The van der Waals surface area contributed by atoms with Gasteiger partial charge in [0.05, 0.1) is 24.1 Å². The van der Waals surface area contributed by atoms with Crippen molar-refractivity contribution >= 4 is 23.5 Å². The van der Waals surface area contributed by atoms with Crippen LogP contribution in [0.3, 0.4) is 0 Å². The van der Waals surface area contributed by atoms with Gasteiger partial charge in [-0.2, -0.15) is 0 Å². The number of carbonyl (C=O) groups is 3. The Balaban J connectivity index is 1.73. The van der Waals surface area contributed by atoms with Gasteiger partial charge in [0, 0.05) is 0 Å². The third kappa shape index (κ3) is 2.99. The van der Waals surface area contributed by atoms with E-state index in [-0.39, 0.29) is 24.2 Å². The van der Waals surface area contributed by atoms with E-state index in [9.17, 15) is 14.4 Å². The lowest BCUT2D eigenvalue weighted by Crippen LogP contribution is -2.46. The Hall–Kier alpha value is -2.21. The summed E-state index contributed by atoms with van der Waals surface area (Å²) in [5, 5.41) is 9.05. The Morgan fingerprint density at radius 1 is 1.22 bits per heavy atom. The van der Waals surface area contributed by atoms with Gasteiger partial charge in [0.2, 0.25) is 5.91 Å². The van der Waals surface area contributed by atoms with Gasteiger partial charge < -0.3 is 5.11 Å². The van der Waals surface area contributed by atoms with Gasteiger partial charge in [0.25, 0.3) is 5.91 Å². The fourth-order valence-corrected chi connectivity index (χ4v) is 3.40. The number of imide groups is 1. The monoisotopic (exact) mass is 316 g/mol. The molecule has 6 heteroatoms. The first kappa shape index (κ1) is 15.7. The molecule has 0 radical (unpaired) electrons. The van der Waals surface area contributed by atoms with E-state index in [2.05, 4.69) is 0 Å². The first-order valence-corrected chi connectivity index (χ1v) is 7.87. The number of rotatable bonds is 3. The number of benzene rings is 1. The molecule has 2 heterocycles. The molecular weight excluding hydrogens is 296 g/mol. The summed E-state index contributed by atoms with van der Waals surface area (Å²) < 4.78 is 0. The zero-order chi connectivity index (χ0) is 16.6. The predicted molar refractivity (Wildman–Crippen MR) is 84.0 cm³/mol. The Labute approximate surface area is 134 Å². The highest BCUT2D eigenvalue weighted by Crippen LogP contribution is 2.29. The molecule has 2 amide bonds. The number of piperidine rings is 1. The van der Waals surface area contributed by atoms with Crippen molar-refractivity contribution in [3.05, 3.63) is 29.8 Å². The molecule has 0 spiro atoms. The summed E-state index contributed by atoms with van der Waals surface area (Å²) in [7, 11) is 0. The number of hydrogen-bond donors (Lipinski definition) is 1. The first-order chi connectivity index (χ1) is 11.0. The summed E-state index contributed by atoms with van der Waals surface area (Å²) in [6.45, 7) is 3.01. The number of anilines is 1. The molecule has 2 saturated heterocycles. The molecule has 0 aliphatic carbocycles. The van der Waals surface area contributed by atoms with E-state index in [1.807, 2.05) is 30.0 Å². The lowest BCUT2D eigenvalue weighted by molar-refractivity contribution is -0.143. The largest absolute Gasteiger partial charge is 0.481 e. The van der Waals surface area contributed by atoms with E-state index < -0.39 is 12.0 Å². The average Bonchev–Trinajstić information content (AvgIpc) is 2.82. The normalized spacial score (nSPS) is 23.5. The van der Waals surface area contributed by atoms with Crippen molar-refractivity contribution in [2.75, 3.05) is 18.0 Å². The van der Waals surface area contributed by atoms with Crippen LogP contribution in [0.4, 0.5) is 5.69 Å². The van der Waals surface area contributed by atoms with Gasteiger partial charge in [0.15, 0.2) is 0 Å². The molecule has 6 nitrogen and oxygen atoms in total. The zero-order valence-corrected chi connectivity index (χ0v) is 13.1. The molecular formula is C17H20N2O4. The van der Waals surface area contributed by atoms with Crippen molar-refractivity contribution in [1.82, 2.24) is 4.90 Å². The molecule has 122 valence electrons. The number of carboxylic acids is 1. The van der Waals surface area contributed by atoms with Gasteiger partial charge in [0.1, 0.15) is 0 Å². The number of aliphatic carboxylic acids is 1. The highest BCUT2D eigenvalue weighted by molar-refractivity contribution is 6.22. The first-order valence-electron chi connectivity index (χ1n) is 7.87. The molecule has 0 bridgehead atoms. The topological polar surface area (TPSA) is 77.9 Å². The second-order valence-electron chi connectivity index (χ2n) is 6.27. The second kappa shape index (κ2) is 6.12. The Morgan fingerprint density at radius 3 is 2.52 bits per heavy atom. The number of nitrogens with zero attached hydrogens (tertiary/aromatic N) is 2. The number of likely N-dealkylation sites (tertiary alicyclic amines) is 1. The van der Waals surface area contributed by atoms with Crippen LogP contribution in [-0.2, 0) is 14.4 Å². The summed E-state index contributed by atoms with van der Waals surface area (Å²) in [5.74, 6) is -1.51. The summed E-state index contributed by atoms with van der Waals surface area (Å²) in [6, 6.07) is 6.88. The van der Waals surface area contributed by atoms with E-state index in [0.717, 1.165) is 5.56 Å². The van der Waals surface area contributed by atoms with Gasteiger partial charge in [-0.1, -0.05) is 12.1 Å². The van der Waals surface area contributed by atoms with E-state index >= 15 is 0 Å². The molecule has 1 aromatic carbocycles. The number of carbonyl (C=O) groups excluding carboxylic acids is 2. The lowest BCUT2D eigenvalue weighted by Gasteiger charge is -2.33. The van der Waals surface area contributed by atoms with Crippen molar-refractivity contribution in [1.29, 1.82) is 0 Å². The van der Waals surface area contributed by atoms with Crippen LogP contribution in [0.5, 0.6) is 0 Å². The summed E-state index contributed by atoms with van der Waals surface area (Å²) in [5.41, 5.74) is 1.61. The van der Waals surface area contributed by atoms with Gasteiger partial charge in [-0.3, -0.25) is 19.3 Å². The van der Waals surface area contributed by atoms with Gasteiger partial charge in [-0.05, 0) is 50.6 Å². The van der Waals surface area contributed by atoms with Gasteiger partial charge >= 0.3 is 5.97 Å². The molecule has 1 aromatic rings. The molecule has 1 N–H and O–H groups in total. The summed E-state index contributed by atoms with van der Waals surface area (Å²) >= 11 is 0. The number of hydrogen-bond acceptors (Lipinski definition) is 4. The van der Waals surface area contributed by atoms with Crippen LogP contribution in [0.2, 0.25) is 0 Å². The maximum atomic E-state index is 12.7. The Bertz CT molecular complexity index is 650. The van der Waals surface area contributed by atoms with Crippen molar-refractivity contribution in [2.24, 2.45) is 5.92 Å². The van der Waals surface area contributed by atoms with Crippen LogP contribution < -0.4 is 4.90 Å². The smallest absolute Gasteiger partial charge is 0.306 e. The van der Waals surface area contributed by atoms with Crippen LogP contribution in [0.25, 0.3) is 0 Å². The van der Waals surface area contributed by atoms with Crippen LogP contribution in [-0.4, -0.2) is 46.9 Å². The Morgan fingerprint density at radius 2 is 1.91 bits per heavy atom. The van der Waals surface area contributed by atoms with Gasteiger partial charge in [-0.15, -0.1) is 0 Å². The van der Waals surface area contributed by atoms with E-state index in [1.165, 1.54) is 4.90 Å². The maximum absolute atomic E-state index is 12.7. The zero-order valence-electron chi connectivity index (χ0n) is 13.1. The standard InChI is InChI=1S/C17H20N2O4/c1-11-3-2-4-13(9-11)19-15(20)10-14(16(19)21)18-7-5-12(6-8-18)17(22)23/h2-4,9,12,14H,5-8,10H2,1H3,(H,22,23)/t14-/m1/s1. The molecule has 23 heavy (non-hydrogen) atoms. The highest BCUT2D eigenvalue weighted by atomic mass is 16.4. The fraction of sp³-hybridized carbons (Fsp3) is 0.471. The third-order valence-electron chi connectivity index (χ3n) is 4.70. The molecule has 0 unspecified atom stereocenters. The minimum atomic E-state index is -0.778. The SMILES string of the molecule is Cc1cccc(N2C(=O)C[C@@H](N3CCC(C(=O)O)CC3)C2=O)c1. The maximum Gasteiger partial charge on any atom is 0.306 e. The van der Waals surface area contributed by atoms with Crippen molar-refractivity contribution in [2.45, 2.75) is 32.2 Å². The van der Waals surface area contributed by atoms with E-state index in [0.29, 0.717) is 31.6 Å². The van der Waals surface area contributed by atoms with Crippen LogP contribution >= 0.6 is 0 Å². The highest BCUT2D eigenvalue weighted by Gasteiger charge is 2.43. The number of carboxylic acid groups (broad SMARTS) is 1. The van der Waals surface area contributed by atoms with Crippen LogP contribution in [0, 0.1) is 12.8 Å². The van der Waals surface area contributed by atoms with Crippen molar-refractivity contribution < 1.29 is 19.5 Å². The van der Waals surface area contributed by atoms with Gasteiger partial charge in [-0.25, -0.2) is 4.90 Å². The number of amides is 2. The molecule has 0 saturated carbocycles. The minimum Gasteiger partial charge on any atom is -0.481 e. The molecule has 0 aromatic heterocycles. The third-order valence-corrected chi connectivity index (χ3v) is 4.70. The van der Waals surface area contributed by atoms with Crippen LogP contribution in [0.1, 0.15) is 24.8 Å². The summed E-state index contributed by atoms with van der Waals surface area (Å²) in [6.07, 6.45) is 1.22. The Kier molecular flexibility index (Phi) is 4.17. The molecule has 2 aliphatic rings. The lowest BCUT2D eigenvalue weighted by atomic mass is 9.96. The van der Waals surface area contributed by atoms with Crippen LogP contribution in [0.15, 0.2) is 24.3 Å². The van der Waals surface area contributed by atoms with Crippen molar-refractivity contribution in [3.8, 4) is 0 Å². The molecule has 2 fully saturated rings. The minimum absolute atomic E-state index is 0.171. The second-order valence-corrected chi connectivity index (χ2v) is 6.27. The molecule has 1 atom stereocenters. The van der Waals surface area contributed by atoms with E-state index in [1.54, 1.807) is 6.07 Å². The average molecular weight is 316 g/mol. The fourth-order valence-electron chi connectivity index (χ4n) is 3.40. The quantitative estimate of drug-likeness (QED) is 0.853. The number of aryl methyl sites for hydroxylation is 1. The summed E-state index contributed by atoms with van der Waals surface area (Å²) in [4.78, 5) is 39.2. The molecule has 2 aliphatic heterocycles. The van der Waals surface area contributed by atoms with Crippen molar-refractivity contribution in [3.63, 3.8) is 0 Å². The predicted octanol–water partition coefficient (Wildman–Crippen LogP) is 1.42.